The van der Waals surface area contributed by atoms with Gasteiger partial charge in [-0.25, -0.2) is 0 Å². The molecule has 96 valence electrons. The quantitative estimate of drug-likeness (QED) is 0.647. The summed E-state index contributed by atoms with van der Waals surface area (Å²) >= 11 is 0. The van der Waals surface area contributed by atoms with E-state index in [-0.39, 0.29) is 0 Å². The topological polar surface area (TPSA) is 30.5 Å². The fourth-order valence-electron chi connectivity index (χ4n) is 3.01. The number of ether oxygens (including phenoxy) is 2. The van der Waals surface area contributed by atoms with E-state index in [1.807, 2.05) is 0 Å². The van der Waals surface area contributed by atoms with Gasteiger partial charge in [-0.3, -0.25) is 0 Å². The van der Waals surface area contributed by atoms with Crippen molar-refractivity contribution in [1.82, 2.24) is 5.32 Å². The van der Waals surface area contributed by atoms with Crippen LogP contribution in [-0.2, 0) is 9.47 Å². The third-order valence-electron chi connectivity index (χ3n) is 4.26. The lowest BCUT2D eigenvalue weighted by Crippen LogP contribution is -2.62. The second kappa shape index (κ2) is 6.58. The maximum Gasteiger partial charge on any atom is 0.0661 e. The van der Waals surface area contributed by atoms with Gasteiger partial charge in [0.25, 0.3) is 0 Å². The van der Waals surface area contributed by atoms with Gasteiger partial charge in [-0.05, 0) is 32.7 Å². The molecule has 2 atom stereocenters. The maximum absolute atomic E-state index is 5.99. The van der Waals surface area contributed by atoms with E-state index in [0.717, 1.165) is 26.1 Å². The lowest BCUT2D eigenvalue weighted by atomic mass is 9.58. The fraction of sp³-hybridized carbons (Fsp3) is 1.00. The average molecular weight is 229 g/mol. The molecule has 0 heterocycles. The van der Waals surface area contributed by atoms with Crippen LogP contribution in [0.4, 0.5) is 0 Å². The molecule has 16 heavy (non-hydrogen) atoms. The molecule has 1 aliphatic carbocycles. The Morgan fingerprint density at radius 3 is 2.44 bits per heavy atom. The van der Waals surface area contributed by atoms with Crippen molar-refractivity contribution < 1.29 is 9.47 Å². The Kier molecular flexibility index (Phi) is 5.73. The van der Waals surface area contributed by atoms with E-state index in [4.69, 9.17) is 9.47 Å². The second-order valence-corrected chi connectivity index (χ2v) is 4.72. The van der Waals surface area contributed by atoms with Crippen LogP contribution in [0.15, 0.2) is 0 Å². The zero-order valence-corrected chi connectivity index (χ0v) is 11.2. The minimum atomic E-state index is 0.363. The van der Waals surface area contributed by atoms with Crippen LogP contribution >= 0.6 is 0 Å². The zero-order chi connectivity index (χ0) is 12.0. The third kappa shape index (κ3) is 2.58. The van der Waals surface area contributed by atoms with Gasteiger partial charge in [-0.1, -0.05) is 13.8 Å². The Labute approximate surface area is 99.9 Å². The van der Waals surface area contributed by atoms with E-state index >= 15 is 0 Å². The Bertz CT molecular complexity index is 192. The number of rotatable bonds is 8. The maximum atomic E-state index is 5.99. The first-order chi connectivity index (χ1) is 7.75. The van der Waals surface area contributed by atoms with Crippen molar-refractivity contribution in [3.63, 3.8) is 0 Å². The number of methoxy groups -OCH3 is 1. The Morgan fingerprint density at radius 2 is 1.94 bits per heavy atom. The molecule has 0 aromatic carbocycles. The summed E-state index contributed by atoms with van der Waals surface area (Å²) in [6.07, 6.45) is 5.00. The van der Waals surface area contributed by atoms with Crippen molar-refractivity contribution in [2.24, 2.45) is 5.41 Å². The second-order valence-electron chi connectivity index (χ2n) is 4.72. The Balaban J connectivity index is 2.37. The molecular weight excluding hydrogens is 202 g/mol. The highest BCUT2D eigenvalue weighted by Gasteiger charge is 2.52. The molecule has 0 aromatic heterocycles. The normalized spacial score (nSPS) is 27.8. The molecule has 1 N–H and O–H groups in total. The van der Waals surface area contributed by atoms with Crippen molar-refractivity contribution in [1.29, 1.82) is 0 Å². The molecule has 3 heteroatoms. The smallest absolute Gasteiger partial charge is 0.0661 e. The highest BCUT2D eigenvalue weighted by Crippen LogP contribution is 2.48. The van der Waals surface area contributed by atoms with E-state index < -0.39 is 0 Å². The summed E-state index contributed by atoms with van der Waals surface area (Å²) in [4.78, 5) is 0. The summed E-state index contributed by atoms with van der Waals surface area (Å²) in [5.41, 5.74) is 0.363. The van der Waals surface area contributed by atoms with Crippen LogP contribution in [0.1, 0.15) is 39.5 Å². The fourth-order valence-corrected chi connectivity index (χ4v) is 3.01. The SMILES string of the molecule is CCC1(CC)C(NC)CC1OCCCOC. The van der Waals surface area contributed by atoms with Crippen LogP contribution in [0, 0.1) is 5.41 Å². The van der Waals surface area contributed by atoms with Crippen LogP contribution in [0.3, 0.4) is 0 Å². The molecule has 1 fully saturated rings. The standard InChI is InChI=1S/C13H27NO2/c1-5-13(6-2)11(14-3)10-12(13)16-9-7-8-15-4/h11-12,14H,5-10H2,1-4H3. The van der Waals surface area contributed by atoms with Crippen LogP contribution in [0.5, 0.6) is 0 Å². The minimum Gasteiger partial charge on any atom is -0.385 e. The molecule has 0 aliphatic heterocycles. The summed E-state index contributed by atoms with van der Waals surface area (Å²) in [6, 6.07) is 0.634. The van der Waals surface area contributed by atoms with E-state index in [1.165, 1.54) is 12.8 Å². The van der Waals surface area contributed by atoms with E-state index in [9.17, 15) is 0 Å². The molecule has 1 aliphatic rings. The van der Waals surface area contributed by atoms with Crippen LogP contribution < -0.4 is 5.32 Å². The van der Waals surface area contributed by atoms with Crippen LogP contribution in [-0.4, -0.2) is 39.5 Å². The van der Waals surface area contributed by atoms with Crippen LogP contribution in [0.2, 0.25) is 0 Å². The third-order valence-corrected chi connectivity index (χ3v) is 4.26. The van der Waals surface area contributed by atoms with Gasteiger partial charge in [0.2, 0.25) is 0 Å². The Morgan fingerprint density at radius 1 is 1.25 bits per heavy atom. The van der Waals surface area contributed by atoms with Gasteiger partial charge >= 0.3 is 0 Å². The first kappa shape index (κ1) is 13.9. The highest BCUT2D eigenvalue weighted by atomic mass is 16.5. The average Bonchev–Trinajstić information content (AvgIpc) is 2.29. The summed E-state index contributed by atoms with van der Waals surface area (Å²) in [6.45, 7) is 6.18. The lowest BCUT2D eigenvalue weighted by molar-refractivity contribution is -0.140. The van der Waals surface area contributed by atoms with Gasteiger partial charge in [-0.15, -0.1) is 0 Å². The summed E-state index contributed by atoms with van der Waals surface area (Å²) in [7, 11) is 3.80. The molecule has 0 spiro atoms. The summed E-state index contributed by atoms with van der Waals surface area (Å²) in [5.74, 6) is 0. The summed E-state index contributed by atoms with van der Waals surface area (Å²) in [5, 5.41) is 3.42. The van der Waals surface area contributed by atoms with Gasteiger partial charge < -0.3 is 14.8 Å². The van der Waals surface area contributed by atoms with E-state index in [2.05, 4.69) is 26.2 Å². The van der Waals surface area contributed by atoms with Crippen LogP contribution in [0.25, 0.3) is 0 Å². The molecule has 0 aromatic rings. The molecule has 3 nitrogen and oxygen atoms in total. The molecular formula is C13H27NO2. The van der Waals surface area contributed by atoms with Gasteiger partial charge in [0.05, 0.1) is 6.10 Å². The molecule has 0 radical (unpaired) electrons. The zero-order valence-electron chi connectivity index (χ0n) is 11.2. The van der Waals surface area contributed by atoms with Crippen molar-refractivity contribution in [3.05, 3.63) is 0 Å². The van der Waals surface area contributed by atoms with Gasteiger partial charge in [0.1, 0.15) is 0 Å². The van der Waals surface area contributed by atoms with Gasteiger partial charge in [0, 0.05) is 31.8 Å². The molecule has 0 saturated heterocycles. The lowest BCUT2D eigenvalue weighted by Gasteiger charge is -2.55. The van der Waals surface area contributed by atoms with Crippen molar-refractivity contribution in [2.75, 3.05) is 27.4 Å². The largest absolute Gasteiger partial charge is 0.385 e. The molecule has 2 unspecified atom stereocenters. The minimum absolute atomic E-state index is 0.363. The first-order valence-electron chi connectivity index (χ1n) is 6.53. The van der Waals surface area contributed by atoms with Crippen molar-refractivity contribution in [2.45, 2.75) is 51.7 Å². The molecule has 1 rings (SSSR count). The molecule has 1 saturated carbocycles. The predicted octanol–water partition coefficient (Wildman–Crippen LogP) is 2.21. The number of nitrogens with one attached hydrogen (secondary N) is 1. The highest BCUT2D eigenvalue weighted by molar-refractivity contribution is 5.06. The van der Waals surface area contributed by atoms with Gasteiger partial charge in [0.15, 0.2) is 0 Å². The van der Waals surface area contributed by atoms with Gasteiger partial charge in [-0.2, -0.15) is 0 Å². The molecule has 0 amide bonds. The first-order valence-corrected chi connectivity index (χ1v) is 6.53. The van der Waals surface area contributed by atoms with Crippen molar-refractivity contribution in [3.8, 4) is 0 Å². The number of hydrogen-bond donors (Lipinski definition) is 1. The number of hydrogen-bond acceptors (Lipinski definition) is 3. The van der Waals surface area contributed by atoms with E-state index in [1.54, 1.807) is 7.11 Å². The Hall–Kier alpha value is -0.120. The predicted molar refractivity (Wildman–Crippen MR) is 66.7 cm³/mol. The monoisotopic (exact) mass is 229 g/mol. The van der Waals surface area contributed by atoms with Crippen molar-refractivity contribution >= 4 is 0 Å². The van der Waals surface area contributed by atoms with E-state index in [0.29, 0.717) is 17.6 Å². The summed E-state index contributed by atoms with van der Waals surface area (Å²) < 4.78 is 11.0. The molecule has 0 bridgehead atoms.